The van der Waals surface area contributed by atoms with Gasteiger partial charge in [0.15, 0.2) is 0 Å². The van der Waals surface area contributed by atoms with Gasteiger partial charge >= 0.3 is 18.7 Å². The first-order valence-corrected chi connectivity index (χ1v) is 37.3. The summed E-state index contributed by atoms with van der Waals surface area (Å²) in [4.78, 5) is 0. The van der Waals surface area contributed by atoms with Crippen molar-refractivity contribution in [1.82, 2.24) is 0 Å². The molecule has 18 heteroatoms. The standard InChI is InChI=1S/C11H12F4O.C11H12F4.C11H13F3.C11H16.C10H12ClF.C10H13Cl.C10H12F2.C10H13F.C10H14/c1-10(2,3)8-6-7(4-5-9(8)12)16-11(13,14)15;1-10(2,3)8-6-7(11(13,14)15)4-5-9(8)12;1-10(2,3)8-5-4-6-9(7-8)11(12,13)14;1-9-5-7-10(8-6-9)11(2,3)4;1-10(2,3)8-6-7(11)4-5-9(8)12;1-10(2,3)8-5-4-6-9(11)7-8;1-10(2,3)8-6-7(11)4-5-9(8)12;1-10(2,3)8-6-4-5-7-9(8)11;1-10(2,3)9-7-5-4-6-8-9/h4-6H,1-3H3;4-6H,1-3H3;4-7H,1-3H3;5-8H,1-4H3;4-6H,1-3H3;4-7H,1-3H3;4-6H,1-3H3;4-7H,1-3H3;4-8H,1-3H3. The molecule has 0 N–H and O–H groups in total. The van der Waals surface area contributed by atoms with Crippen LogP contribution in [0.4, 0.5) is 65.9 Å². The molecular weight excluding hydrogens is 1500 g/mol. The first-order chi connectivity index (χ1) is 50.4. The third-order valence-corrected chi connectivity index (χ3v) is 17.0. The first kappa shape index (κ1) is 102. The molecule has 0 aliphatic carbocycles. The van der Waals surface area contributed by atoms with E-state index in [0.717, 1.165) is 65.2 Å². The van der Waals surface area contributed by atoms with Gasteiger partial charge in [0.2, 0.25) is 0 Å². The minimum absolute atomic E-state index is 0.0809. The highest BCUT2D eigenvalue weighted by molar-refractivity contribution is 6.31. The molecule has 0 aliphatic heterocycles. The van der Waals surface area contributed by atoms with Gasteiger partial charge in [0.1, 0.15) is 40.7 Å². The minimum Gasteiger partial charge on any atom is -0.406 e. The summed E-state index contributed by atoms with van der Waals surface area (Å²) in [7, 11) is 0. The van der Waals surface area contributed by atoms with Crippen molar-refractivity contribution in [3.05, 3.63) is 312 Å². The topological polar surface area (TPSA) is 9.23 Å². The van der Waals surface area contributed by atoms with E-state index in [1.54, 1.807) is 65.8 Å². The Morgan fingerprint density at radius 1 is 0.232 bits per heavy atom. The molecule has 0 atom stereocenters. The lowest BCUT2D eigenvalue weighted by atomic mass is 9.85. The SMILES string of the molecule is CC(C)(C)c1cc(C(F)(F)F)ccc1F.CC(C)(C)c1cc(Cl)ccc1F.CC(C)(C)c1cc(F)ccc1F.CC(C)(C)c1cc(OC(F)(F)F)ccc1F.CC(C)(C)c1cccc(C(F)(F)F)c1.CC(C)(C)c1cccc(Cl)c1.CC(C)(C)c1ccccc1.CC(C)(C)c1ccccc1F.Cc1ccc(C(C)(C)C)cc1. The predicted molar refractivity (Wildman–Crippen MR) is 437 cm³/mol. The van der Waals surface area contributed by atoms with Gasteiger partial charge in [0, 0.05) is 10.0 Å². The van der Waals surface area contributed by atoms with Crippen molar-refractivity contribution in [3.63, 3.8) is 0 Å². The Bertz CT molecular complexity index is 4210. The highest BCUT2D eigenvalue weighted by Crippen LogP contribution is 2.37. The number of ether oxygens (including phenoxy) is 1. The average molecular weight is 1620 g/mol. The highest BCUT2D eigenvalue weighted by atomic mass is 35.5. The van der Waals surface area contributed by atoms with E-state index in [2.05, 4.69) is 135 Å². The van der Waals surface area contributed by atoms with E-state index in [1.165, 1.54) is 52.6 Å². The molecule has 0 saturated carbocycles. The van der Waals surface area contributed by atoms with Crippen LogP contribution in [0.2, 0.25) is 10.0 Å². The number of halogens is 17. The van der Waals surface area contributed by atoms with Gasteiger partial charge in [-0.15, -0.1) is 13.2 Å². The van der Waals surface area contributed by atoms with Crippen LogP contribution in [0, 0.1) is 41.8 Å². The monoisotopic (exact) mass is 1620 g/mol. The Labute approximate surface area is 669 Å². The van der Waals surface area contributed by atoms with Crippen molar-refractivity contribution < 1.29 is 70.6 Å². The Hall–Kier alpha value is -7.69. The Kier molecular flexibility index (Phi) is 38.0. The zero-order valence-corrected chi connectivity index (χ0v) is 71.9. The zero-order valence-electron chi connectivity index (χ0n) is 70.4. The Morgan fingerprint density at radius 3 is 0.893 bits per heavy atom. The van der Waals surface area contributed by atoms with Crippen LogP contribution in [0.25, 0.3) is 0 Å². The highest BCUT2D eigenvalue weighted by Gasteiger charge is 2.35. The molecule has 0 aromatic heterocycles. The fraction of sp³-hybridized carbons (Fsp3) is 0.426. The molecule has 0 amide bonds. The molecule has 0 radical (unpaired) electrons. The van der Waals surface area contributed by atoms with E-state index < -0.39 is 58.1 Å². The van der Waals surface area contributed by atoms with E-state index in [1.807, 2.05) is 113 Å². The molecule has 9 aromatic carbocycles. The van der Waals surface area contributed by atoms with Crippen LogP contribution >= 0.6 is 23.2 Å². The molecule has 0 fully saturated rings. The van der Waals surface area contributed by atoms with Crippen molar-refractivity contribution >= 4 is 23.2 Å². The smallest absolute Gasteiger partial charge is 0.406 e. The van der Waals surface area contributed by atoms with Gasteiger partial charge in [-0.1, -0.05) is 319 Å². The van der Waals surface area contributed by atoms with Gasteiger partial charge < -0.3 is 4.74 Å². The number of hydrogen-bond acceptors (Lipinski definition) is 1. The summed E-state index contributed by atoms with van der Waals surface area (Å²) in [6, 6.07) is 53.3. The Morgan fingerprint density at radius 2 is 0.536 bits per heavy atom. The lowest BCUT2D eigenvalue weighted by Gasteiger charge is -2.21. The number of rotatable bonds is 1. The van der Waals surface area contributed by atoms with Crippen molar-refractivity contribution in [2.45, 2.75) is 261 Å². The molecule has 9 rings (SSSR count). The maximum atomic E-state index is 13.4. The first-order valence-electron chi connectivity index (χ1n) is 36.5. The second-order valence-electron chi connectivity index (χ2n) is 36.2. The van der Waals surface area contributed by atoms with Crippen LogP contribution in [0.1, 0.15) is 254 Å². The summed E-state index contributed by atoms with van der Waals surface area (Å²) in [6.07, 6.45) is -13.4. The van der Waals surface area contributed by atoms with E-state index >= 15 is 0 Å². The molecule has 0 bridgehead atoms. The van der Waals surface area contributed by atoms with Crippen molar-refractivity contribution in [3.8, 4) is 5.75 Å². The lowest BCUT2D eigenvalue weighted by molar-refractivity contribution is -0.274. The second-order valence-corrected chi connectivity index (χ2v) is 37.1. The van der Waals surface area contributed by atoms with Crippen LogP contribution in [-0.4, -0.2) is 6.36 Å². The molecule has 0 unspecified atom stereocenters. The van der Waals surface area contributed by atoms with E-state index in [9.17, 15) is 65.9 Å². The van der Waals surface area contributed by atoms with Gasteiger partial charge in [-0.3, -0.25) is 0 Å². The summed E-state index contributed by atoms with van der Waals surface area (Å²) in [5, 5.41) is 1.40. The van der Waals surface area contributed by atoms with Crippen molar-refractivity contribution in [2.24, 2.45) is 0 Å². The van der Waals surface area contributed by atoms with E-state index in [4.69, 9.17) is 23.2 Å². The summed E-state index contributed by atoms with van der Waals surface area (Å²) >= 11 is 11.6. The lowest BCUT2D eigenvalue weighted by Crippen LogP contribution is -2.19. The molecule has 9 aromatic rings. The van der Waals surface area contributed by atoms with Crippen LogP contribution in [0.3, 0.4) is 0 Å². The van der Waals surface area contributed by atoms with Gasteiger partial charge in [-0.05, 0) is 203 Å². The quantitative estimate of drug-likeness (QED) is 0.149. The summed E-state index contributed by atoms with van der Waals surface area (Å²) < 4.78 is 193. The summed E-state index contributed by atoms with van der Waals surface area (Å²) in [5.41, 5.74) is 5.56. The molecule has 112 heavy (non-hydrogen) atoms. The van der Waals surface area contributed by atoms with Crippen molar-refractivity contribution in [2.75, 3.05) is 0 Å². The number of benzene rings is 9. The predicted octanol–water partition coefficient (Wildman–Crippen LogP) is 32.2. The van der Waals surface area contributed by atoms with Crippen LogP contribution in [0.15, 0.2) is 200 Å². The molecule has 0 heterocycles. The van der Waals surface area contributed by atoms with Crippen LogP contribution in [-0.2, 0) is 61.1 Å². The van der Waals surface area contributed by atoms with E-state index in [-0.39, 0.29) is 66.9 Å². The maximum absolute atomic E-state index is 13.4. The average Bonchev–Trinajstić information content (AvgIpc) is 0.699. The number of aryl methyl sites for hydroxylation is 1. The molecule has 1 nitrogen and oxygen atoms in total. The second kappa shape index (κ2) is 41.6. The summed E-state index contributed by atoms with van der Waals surface area (Å²) in [6.45, 7) is 55.3. The normalized spacial score (nSPS) is 12.2. The molecule has 618 valence electrons. The van der Waals surface area contributed by atoms with Gasteiger partial charge in [-0.2, -0.15) is 26.3 Å². The van der Waals surface area contributed by atoms with Gasteiger partial charge in [0.25, 0.3) is 0 Å². The molecule has 0 saturated heterocycles. The number of alkyl halides is 9. The number of hydrogen-bond donors (Lipinski definition) is 0. The van der Waals surface area contributed by atoms with Gasteiger partial charge in [-0.25, -0.2) is 26.3 Å². The molecule has 0 aliphatic rings. The van der Waals surface area contributed by atoms with Crippen molar-refractivity contribution in [1.29, 1.82) is 0 Å². The van der Waals surface area contributed by atoms with Crippen LogP contribution in [0.5, 0.6) is 5.75 Å². The van der Waals surface area contributed by atoms with Crippen LogP contribution < -0.4 is 4.74 Å². The van der Waals surface area contributed by atoms with E-state index in [0.29, 0.717) is 27.1 Å². The zero-order chi connectivity index (χ0) is 87.2. The third-order valence-electron chi connectivity index (χ3n) is 16.5. The fourth-order valence-corrected chi connectivity index (χ4v) is 10.2. The fourth-order valence-electron chi connectivity index (χ4n) is 9.88. The minimum atomic E-state index is -4.76. The maximum Gasteiger partial charge on any atom is 0.573 e. The molecular formula is C94H117Cl2F15O. The third kappa shape index (κ3) is 38.9. The molecule has 0 spiro atoms. The Balaban J connectivity index is 0.000000632. The van der Waals surface area contributed by atoms with Gasteiger partial charge in [0.05, 0.1) is 11.1 Å². The largest absolute Gasteiger partial charge is 0.573 e. The summed E-state index contributed by atoms with van der Waals surface area (Å²) in [5.74, 6) is -2.58.